The molecule has 6 heteroatoms. The van der Waals surface area contributed by atoms with E-state index in [1.54, 1.807) is 0 Å². The molecule has 1 aliphatic heterocycles. The number of likely N-dealkylation sites (tertiary alicyclic amines) is 1. The second kappa shape index (κ2) is 7.32. The maximum Gasteiger partial charge on any atom is 0.243 e. The highest BCUT2D eigenvalue weighted by atomic mass is 16.2. The number of fused-ring (bicyclic) bond motifs is 1. The molecule has 6 nitrogen and oxygen atoms in total. The van der Waals surface area contributed by atoms with Crippen LogP contribution >= 0.6 is 0 Å². The van der Waals surface area contributed by atoms with Crippen molar-refractivity contribution in [2.24, 2.45) is 30.2 Å². The van der Waals surface area contributed by atoms with Crippen LogP contribution in [0.25, 0.3) is 11.0 Å². The minimum absolute atomic E-state index is 0.0277. The van der Waals surface area contributed by atoms with Crippen LogP contribution in [-0.2, 0) is 16.6 Å². The second-order valence-corrected chi connectivity index (χ2v) is 11.1. The zero-order valence-corrected chi connectivity index (χ0v) is 19.2. The van der Waals surface area contributed by atoms with Gasteiger partial charge in [-0.05, 0) is 88.2 Å². The lowest BCUT2D eigenvalue weighted by Crippen LogP contribution is -2.57. The zero-order valence-electron chi connectivity index (χ0n) is 19.2. The van der Waals surface area contributed by atoms with Gasteiger partial charge in [0.2, 0.25) is 11.8 Å². The van der Waals surface area contributed by atoms with Gasteiger partial charge in [-0.1, -0.05) is 12.1 Å². The van der Waals surface area contributed by atoms with Gasteiger partial charge in [-0.25, -0.2) is 4.98 Å². The van der Waals surface area contributed by atoms with E-state index in [0.717, 1.165) is 73.3 Å². The number of nitrogens with one attached hydrogen (secondary N) is 1. The Morgan fingerprint density at radius 2 is 1.75 bits per heavy atom. The SMILES string of the molecule is C[C@H](NC(=O)[C@@H]1CCCN1C(=O)C12CC3CC(CC(C3)C1)C2)c1nc2ccccc2n1C. The number of imidazole rings is 1. The number of rotatable bonds is 4. The van der Waals surface area contributed by atoms with Crippen LogP contribution in [-0.4, -0.2) is 38.9 Å². The normalized spacial score (nSPS) is 34.2. The number of nitrogens with zero attached hydrogens (tertiary/aromatic N) is 3. The number of carbonyl (C=O) groups is 2. The van der Waals surface area contributed by atoms with Crippen LogP contribution in [0.3, 0.4) is 0 Å². The van der Waals surface area contributed by atoms with E-state index < -0.39 is 0 Å². The van der Waals surface area contributed by atoms with Gasteiger partial charge in [-0.2, -0.15) is 0 Å². The Bertz CT molecular complexity index is 1040. The Kier molecular flexibility index (Phi) is 4.63. The number of amides is 2. The predicted octanol–water partition coefficient (Wildman–Crippen LogP) is 3.96. The van der Waals surface area contributed by atoms with E-state index in [1.807, 2.05) is 47.7 Å². The van der Waals surface area contributed by atoms with Crippen molar-refractivity contribution in [3.05, 3.63) is 30.1 Å². The lowest BCUT2D eigenvalue weighted by molar-refractivity contribution is -0.160. The topological polar surface area (TPSA) is 67.2 Å². The van der Waals surface area contributed by atoms with E-state index in [2.05, 4.69) is 5.32 Å². The van der Waals surface area contributed by atoms with Crippen LogP contribution in [0, 0.1) is 23.2 Å². The van der Waals surface area contributed by atoms with E-state index in [1.165, 1.54) is 19.3 Å². The lowest BCUT2D eigenvalue weighted by atomic mass is 9.49. The van der Waals surface area contributed by atoms with Crippen molar-refractivity contribution in [1.82, 2.24) is 19.8 Å². The summed E-state index contributed by atoms with van der Waals surface area (Å²) >= 11 is 0. The van der Waals surface area contributed by atoms with Crippen LogP contribution < -0.4 is 5.32 Å². The molecule has 4 aliphatic carbocycles. The highest BCUT2D eigenvalue weighted by Gasteiger charge is 2.56. The molecule has 4 saturated carbocycles. The Hall–Kier alpha value is -2.37. The number of hydrogen-bond acceptors (Lipinski definition) is 3. The molecule has 2 atom stereocenters. The molecule has 0 unspecified atom stereocenters. The Morgan fingerprint density at radius 1 is 1.09 bits per heavy atom. The summed E-state index contributed by atoms with van der Waals surface area (Å²) < 4.78 is 2.05. The van der Waals surface area contributed by atoms with Gasteiger partial charge in [0.05, 0.1) is 22.5 Å². The number of aryl methyl sites for hydroxylation is 1. The summed E-state index contributed by atoms with van der Waals surface area (Å²) in [5, 5.41) is 3.18. The Balaban J connectivity index is 1.19. The third kappa shape index (κ3) is 3.09. The van der Waals surface area contributed by atoms with Gasteiger partial charge in [0, 0.05) is 13.6 Å². The molecule has 1 aromatic heterocycles. The quantitative estimate of drug-likeness (QED) is 0.792. The van der Waals surface area contributed by atoms with Crippen molar-refractivity contribution in [2.75, 3.05) is 6.54 Å². The highest BCUT2D eigenvalue weighted by molar-refractivity contribution is 5.91. The van der Waals surface area contributed by atoms with Crippen molar-refractivity contribution in [2.45, 2.75) is 70.4 Å². The maximum atomic E-state index is 13.9. The minimum Gasteiger partial charge on any atom is -0.345 e. The van der Waals surface area contributed by atoms with E-state index >= 15 is 0 Å². The van der Waals surface area contributed by atoms with Gasteiger partial charge in [-0.15, -0.1) is 0 Å². The lowest BCUT2D eigenvalue weighted by Gasteiger charge is -2.56. The molecule has 32 heavy (non-hydrogen) atoms. The van der Waals surface area contributed by atoms with Crippen LogP contribution in [0.5, 0.6) is 0 Å². The summed E-state index contributed by atoms with van der Waals surface area (Å²) in [5.41, 5.74) is 1.81. The molecule has 2 heterocycles. The molecule has 5 fully saturated rings. The molecule has 1 N–H and O–H groups in total. The van der Waals surface area contributed by atoms with Crippen molar-refractivity contribution < 1.29 is 9.59 Å². The molecular formula is C26H34N4O2. The van der Waals surface area contributed by atoms with E-state index in [-0.39, 0.29) is 29.3 Å². The number of para-hydroxylation sites is 2. The zero-order chi connectivity index (χ0) is 22.0. The molecule has 0 spiro atoms. The van der Waals surface area contributed by atoms with Crippen molar-refractivity contribution in [3.63, 3.8) is 0 Å². The van der Waals surface area contributed by atoms with Crippen molar-refractivity contribution in [3.8, 4) is 0 Å². The molecule has 1 aromatic carbocycles. The summed E-state index contributed by atoms with van der Waals surface area (Å²) in [5.74, 6) is 3.30. The smallest absolute Gasteiger partial charge is 0.243 e. The Morgan fingerprint density at radius 3 is 2.41 bits per heavy atom. The highest BCUT2D eigenvalue weighted by Crippen LogP contribution is 2.60. The molecular weight excluding hydrogens is 400 g/mol. The first kappa shape index (κ1) is 20.3. The molecule has 4 bridgehead atoms. The number of aromatic nitrogens is 2. The summed E-state index contributed by atoms with van der Waals surface area (Å²) in [4.78, 5) is 33.9. The second-order valence-electron chi connectivity index (χ2n) is 11.1. The summed E-state index contributed by atoms with van der Waals surface area (Å²) in [6.45, 7) is 2.71. The van der Waals surface area contributed by atoms with E-state index in [4.69, 9.17) is 4.98 Å². The van der Waals surface area contributed by atoms with Gasteiger partial charge >= 0.3 is 0 Å². The molecule has 7 rings (SSSR count). The molecule has 170 valence electrons. The average Bonchev–Trinajstić information content (AvgIpc) is 3.38. The summed E-state index contributed by atoms with van der Waals surface area (Å²) in [6.07, 6.45) is 8.82. The van der Waals surface area contributed by atoms with Crippen molar-refractivity contribution in [1.29, 1.82) is 0 Å². The predicted molar refractivity (Wildman–Crippen MR) is 123 cm³/mol. The van der Waals surface area contributed by atoms with Gasteiger partial charge in [-0.3, -0.25) is 9.59 Å². The van der Waals surface area contributed by atoms with E-state index in [0.29, 0.717) is 0 Å². The standard InChI is InChI=1S/C26H34N4O2/c1-16(23-28-20-6-3-4-7-21(20)29(23)2)27-24(31)22-8-5-9-30(22)25(32)26-13-17-10-18(14-26)12-19(11-17)15-26/h3-4,6-7,16-19,22H,5,8-15H2,1-2H3,(H,27,31)/t16-,17?,18?,19?,22-,26?/m0/s1. The third-order valence-corrected chi connectivity index (χ3v) is 8.88. The van der Waals surface area contributed by atoms with Crippen molar-refractivity contribution >= 4 is 22.8 Å². The summed E-state index contributed by atoms with van der Waals surface area (Å²) in [6, 6.07) is 7.47. The largest absolute Gasteiger partial charge is 0.345 e. The molecule has 2 amide bonds. The van der Waals surface area contributed by atoms with Gasteiger partial charge in [0.25, 0.3) is 0 Å². The maximum absolute atomic E-state index is 13.9. The first-order chi connectivity index (χ1) is 15.4. The van der Waals surface area contributed by atoms with Crippen LogP contribution in [0.4, 0.5) is 0 Å². The van der Waals surface area contributed by atoms with Gasteiger partial charge in [0.1, 0.15) is 11.9 Å². The monoisotopic (exact) mass is 434 g/mol. The van der Waals surface area contributed by atoms with Gasteiger partial charge in [0.15, 0.2) is 0 Å². The van der Waals surface area contributed by atoms with Crippen LogP contribution in [0.1, 0.15) is 70.2 Å². The minimum atomic E-state index is -0.340. The van der Waals surface area contributed by atoms with Crippen LogP contribution in [0.15, 0.2) is 24.3 Å². The first-order valence-electron chi connectivity index (χ1n) is 12.5. The fraction of sp³-hybridized carbons (Fsp3) is 0.654. The molecule has 2 aromatic rings. The number of hydrogen-bond donors (Lipinski definition) is 1. The molecule has 5 aliphatic rings. The average molecular weight is 435 g/mol. The van der Waals surface area contributed by atoms with Crippen LogP contribution in [0.2, 0.25) is 0 Å². The third-order valence-electron chi connectivity index (χ3n) is 8.88. The van der Waals surface area contributed by atoms with Gasteiger partial charge < -0.3 is 14.8 Å². The fourth-order valence-corrected chi connectivity index (χ4v) is 7.89. The number of carbonyl (C=O) groups excluding carboxylic acids is 2. The summed E-state index contributed by atoms with van der Waals surface area (Å²) in [7, 11) is 1.99. The number of benzene rings is 1. The molecule has 0 radical (unpaired) electrons. The Labute approximate surface area is 189 Å². The first-order valence-corrected chi connectivity index (χ1v) is 12.5. The molecule has 1 saturated heterocycles. The van der Waals surface area contributed by atoms with E-state index in [9.17, 15) is 9.59 Å². The fourth-order valence-electron chi connectivity index (χ4n) is 7.89.